The molecule has 0 atom stereocenters. The number of ketones is 1. The molecule has 6 nitrogen and oxygen atoms in total. The van der Waals surface area contributed by atoms with Crippen molar-refractivity contribution in [2.75, 3.05) is 26.1 Å². The molecule has 6 heteroatoms. The van der Waals surface area contributed by atoms with Crippen molar-refractivity contribution < 1.29 is 23.8 Å². The number of Topliss-reactive ketones (excluding diaryl/α,β-unsaturated/α-hetero) is 1. The fourth-order valence-electron chi connectivity index (χ4n) is 2.33. The SMILES string of the molecule is COc1ccc(NC(=O)COc2ccc(CCC(C)=O)cc2)cc1OC. The van der Waals surface area contributed by atoms with E-state index >= 15 is 0 Å². The summed E-state index contributed by atoms with van der Waals surface area (Å²) in [4.78, 5) is 23.0. The van der Waals surface area contributed by atoms with Gasteiger partial charge in [-0.25, -0.2) is 0 Å². The van der Waals surface area contributed by atoms with Crippen molar-refractivity contribution in [1.82, 2.24) is 0 Å². The Morgan fingerprint density at radius 3 is 2.27 bits per heavy atom. The van der Waals surface area contributed by atoms with Crippen LogP contribution in [0.2, 0.25) is 0 Å². The summed E-state index contributed by atoms with van der Waals surface area (Å²) in [6, 6.07) is 12.5. The molecule has 0 saturated heterocycles. The van der Waals surface area contributed by atoms with Gasteiger partial charge in [0.25, 0.3) is 5.91 Å². The smallest absolute Gasteiger partial charge is 0.262 e. The number of carbonyl (C=O) groups is 2. The minimum atomic E-state index is -0.280. The van der Waals surface area contributed by atoms with E-state index in [4.69, 9.17) is 14.2 Å². The highest BCUT2D eigenvalue weighted by atomic mass is 16.5. The molecule has 0 aliphatic heterocycles. The van der Waals surface area contributed by atoms with Crippen LogP contribution in [0.1, 0.15) is 18.9 Å². The van der Waals surface area contributed by atoms with Crippen LogP contribution in [0, 0.1) is 0 Å². The van der Waals surface area contributed by atoms with Gasteiger partial charge in [-0.2, -0.15) is 0 Å². The van der Waals surface area contributed by atoms with E-state index in [2.05, 4.69) is 5.32 Å². The molecule has 2 rings (SSSR count). The number of amides is 1. The van der Waals surface area contributed by atoms with Crippen LogP contribution < -0.4 is 19.5 Å². The fourth-order valence-corrected chi connectivity index (χ4v) is 2.33. The van der Waals surface area contributed by atoms with Gasteiger partial charge in [-0.15, -0.1) is 0 Å². The normalized spacial score (nSPS) is 10.1. The first-order chi connectivity index (χ1) is 12.5. The van der Waals surface area contributed by atoms with Gasteiger partial charge < -0.3 is 24.3 Å². The number of anilines is 1. The summed E-state index contributed by atoms with van der Waals surface area (Å²) in [5, 5.41) is 2.75. The van der Waals surface area contributed by atoms with Crippen LogP contribution >= 0.6 is 0 Å². The monoisotopic (exact) mass is 357 g/mol. The van der Waals surface area contributed by atoms with E-state index in [0.717, 1.165) is 5.56 Å². The van der Waals surface area contributed by atoms with Crippen LogP contribution in [0.3, 0.4) is 0 Å². The number of benzene rings is 2. The highest BCUT2D eigenvalue weighted by molar-refractivity contribution is 5.92. The predicted molar refractivity (Wildman–Crippen MR) is 99.1 cm³/mol. The number of carbonyl (C=O) groups excluding carboxylic acids is 2. The molecule has 0 heterocycles. The maximum absolute atomic E-state index is 12.0. The van der Waals surface area contributed by atoms with Gasteiger partial charge in [0.05, 0.1) is 14.2 Å². The maximum Gasteiger partial charge on any atom is 0.262 e. The molecule has 0 fully saturated rings. The van der Waals surface area contributed by atoms with Crippen molar-refractivity contribution in [3.8, 4) is 17.2 Å². The number of hydrogen-bond acceptors (Lipinski definition) is 5. The maximum atomic E-state index is 12.0. The van der Waals surface area contributed by atoms with Crippen LogP contribution in [-0.2, 0) is 16.0 Å². The van der Waals surface area contributed by atoms with E-state index < -0.39 is 0 Å². The molecule has 0 saturated carbocycles. The lowest BCUT2D eigenvalue weighted by Gasteiger charge is -2.11. The molecule has 26 heavy (non-hydrogen) atoms. The lowest BCUT2D eigenvalue weighted by atomic mass is 10.1. The average molecular weight is 357 g/mol. The van der Waals surface area contributed by atoms with Gasteiger partial charge in [0, 0.05) is 18.2 Å². The molecule has 0 unspecified atom stereocenters. The average Bonchev–Trinajstić information content (AvgIpc) is 2.65. The summed E-state index contributed by atoms with van der Waals surface area (Å²) in [5.74, 6) is 1.60. The number of ether oxygens (including phenoxy) is 3. The number of nitrogens with one attached hydrogen (secondary N) is 1. The van der Waals surface area contributed by atoms with Gasteiger partial charge in [-0.05, 0) is 43.2 Å². The second-order valence-electron chi connectivity index (χ2n) is 5.75. The lowest BCUT2D eigenvalue weighted by molar-refractivity contribution is -0.118. The number of hydrogen-bond donors (Lipinski definition) is 1. The van der Waals surface area contributed by atoms with Crippen LogP contribution in [0.15, 0.2) is 42.5 Å². The van der Waals surface area contributed by atoms with Crippen molar-refractivity contribution >= 4 is 17.4 Å². The van der Waals surface area contributed by atoms with E-state index in [1.54, 1.807) is 44.4 Å². The zero-order chi connectivity index (χ0) is 18.9. The van der Waals surface area contributed by atoms with E-state index in [9.17, 15) is 9.59 Å². The quantitative estimate of drug-likeness (QED) is 0.746. The summed E-state index contributed by atoms with van der Waals surface area (Å²) in [5.41, 5.74) is 1.65. The third kappa shape index (κ3) is 5.81. The van der Waals surface area contributed by atoms with E-state index in [-0.39, 0.29) is 18.3 Å². The first kappa shape index (κ1) is 19.3. The number of aryl methyl sites for hydroxylation is 1. The Kier molecular flexibility index (Phi) is 7.02. The van der Waals surface area contributed by atoms with Gasteiger partial charge in [-0.1, -0.05) is 12.1 Å². The second kappa shape index (κ2) is 9.46. The Balaban J connectivity index is 1.85. The van der Waals surface area contributed by atoms with Gasteiger partial charge in [0.15, 0.2) is 18.1 Å². The van der Waals surface area contributed by atoms with Crippen molar-refractivity contribution in [3.63, 3.8) is 0 Å². The Morgan fingerprint density at radius 2 is 1.65 bits per heavy atom. The molecule has 1 amide bonds. The van der Waals surface area contributed by atoms with E-state index in [0.29, 0.717) is 35.8 Å². The van der Waals surface area contributed by atoms with Gasteiger partial charge >= 0.3 is 0 Å². The molecule has 2 aromatic rings. The zero-order valence-corrected chi connectivity index (χ0v) is 15.2. The van der Waals surface area contributed by atoms with Crippen molar-refractivity contribution in [2.24, 2.45) is 0 Å². The van der Waals surface area contributed by atoms with Crippen molar-refractivity contribution in [2.45, 2.75) is 19.8 Å². The molecule has 138 valence electrons. The van der Waals surface area contributed by atoms with E-state index in [1.165, 1.54) is 7.11 Å². The van der Waals surface area contributed by atoms with Crippen LogP contribution in [-0.4, -0.2) is 32.5 Å². The zero-order valence-electron chi connectivity index (χ0n) is 15.2. The number of methoxy groups -OCH3 is 2. The topological polar surface area (TPSA) is 73.9 Å². The minimum Gasteiger partial charge on any atom is -0.493 e. The summed E-state index contributed by atoms with van der Waals surface area (Å²) in [6.07, 6.45) is 1.23. The van der Waals surface area contributed by atoms with Crippen LogP contribution in [0.25, 0.3) is 0 Å². The summed E-state index contributed by atoms with van der Waals surface area (Å²) in [6.45, 7) is 1.47. The Hall–Kier alpha value is -3.02. The van der Waals surface area contributed by atoms with Gasteiger partial charge in [-0.3, -0.25) is 4.79 Å². The highest BCUT2D eigenvalue weighted by Crippen LogP contribution is 2.29. The Morgan fingerprint density at radius 1 is 0.962 bits per heavy atom. The summed E-state index contributed by atoms with van der Waals surface area (Å²) < 4.78 is 15.9. The minimum absolute atomic E-state index is 0.110. The standard InChI is InChI=1S/C20H23NO5/c1-14(22)4-5-15-6-9-17(10-7-15)26-13-20(23)21-16-8-11-18(24-2)19(12-16)25-3/h6-12H,4-5,13H2,1-3H3,(H,21,23). The van der Waals surface area contributed by atoms with Gasteiger partial charge in [0.1, 0.15) is 11.5 Å². The molecular formula is C20H23NO5. The summed E-state index contributed by atoms with van der Waals surface area (Å²) >= 11 is 0. The molecule has 2 aromatic carbocycles. The predicted octanol–water partition coefficient (Wildman–Crippen LogP) is 3.24. The van der Waals surface area contributed by atoms with E-state index in [1.807, 2.05) is 12.1 Å². The lowest BCUT2D eigenvalue weighted by Crippen LogP contribution is -2.20. The summed E-state index contributed by atoms with van der Waals surface area (Å²) in [7, 11) is 3.09. The third-order valence-electron chi connectivity index (χ3n) is 3.73. The molecule has 0 bridgehead atoms. The Labute approximate surface area is 153 Å². The number of rotatable bonds is 9. The highest BCUT2D eigenvalue weighted by Gasteiger charge is 2.08. The second-order valence-corrected chi connectivity index (χ2v) is 5.75. The largest absolute Gasteiger partial charge is 0.493 e. The fraction of sp³-hybridized carbons (Fsp3) is 0.300. The molecule has 0 aliphatic carbocycles. The molecule has 0 spiro atoms. The van der Waals surface area contributed by atoms with Crippen LogP contribution in [0.5, 0.6) is 17.2 Å². The first-order valence-corrected chi connectivity index (χ1v) is 8.25. The van der Waals surface area contributed by atoms with Crippen molar-refractivity contribution in [3.05, 3.63) is 48.0 Å². The Bertz CT molecular complexity index is 755. The first-order valence-electron chi connectivity index (χ1n) is 8.25. The van der Waals surface area contributed by atoms with Crippen LogP contribution in [0.4, 0.5) is 5.69 Å². The molecule has 0 aromatic heterocycles. The molecule has 0 radical (unpaired) electrons. The molecular weight excluding hydrogens is 334 g/mol. The molecule has 1 N–H and O–H groups in total. The van der Waals surface area contributed by atoms with Gasteiger partial charge in [0.2, 0.25) is 0 Å². The van der Waals surface area contributed by atoms with Crippen molar-refractivity contribution in [1.29, 1.82) is 0 Å². The third-order valence-corrected chi connectivity index (χ3v) is 3.73. The molecule has 0 aliphatic rings.